The molecule has 13 heavy (non-hydrogen) atoms. The maximum atomic E-state index is 10.7. The van der Waals surface area contributed by atoms with E-state index in [1.807, 2.05) is 31.1 Å². The second-order valence-electron chi connectivity index (χ2n) is 2.91. The Morgan fingerprint density at radius 1 is 1.54 bits per heavy atom. The van der Waals surface area contributed by atoms with Crippen molar-refractivity contribution in [1.82, 2.24) is 9.88 Å². The summed E-state index contributed by atoms with van der Waals surface area (Å²) in [5.74, 6) is 0. The van der Waals surface area contributed by atoms with Gasteiger partial charge in [0.15, 0.2) is 6.29 Å². The van der Waals surface area contributed by atoms with Crippen LogP contribution < -0.4 is 0 Å². The van der Waals surface area contributed by atoms with Gasteiger partial charge in [0, 0.05) is 43.8 Å². The van der Waals surface area contributed by atoms with Crippen molar-refractivity contribution in [2.24, 2.45) is 0 Å². The molecule has 3 heteroatoms. The molecule has 0 unspecified atom stereocenters. The highest BCUT2D eigenvalue weighted by Gasteiger charge is 1.99. The van der Waals surface area contributed by atoms with Gasteiger partial charge >= 0.3 is 0 Å². The Morgan fingerprint density at radius 3 is 2.77 bits per heavy atom. The van der Waals surface area contributed by atoms with Crippen molar-refractivity contribution in [2.45, 2.75) is 0 Å². The molecular formula is C10H12N2O. The zero-order chi connectivity index (χ0) is 9.68. The highest BCUT2D eigenvalue weighted by Crippen LogP contribution is 2.09. The second kappa shape index (κ2) is 4.40. The fourth-order valence-corrected chi connectivity index (χ4v) is 0.985. The Morgan fingerprint density at radius 2 is 2.31 bits per heavy atom. The number of aldehydes is 1. The molecule has 68 valence electrons. The molecular weight excluding hydrogens is 164 g/mol. The van der Waals surface area contributed by atoms with E-state index in [0.29, 0.717) is 5.57 Å². The first-order valence-corrected chi connectivity index (χ1v) is 3.98. The maximum absolute atomic E-state index is 10.7. The smallest absolute Gasteiger partial charge is 0.152 e. The van der Waals surface area contributed by atoms with Crippen LogP contribution >= 0.6 is 0 Å². The number of pyridine rings is 1. The predicted molar refractivity (Wildman–Crippen MR) is 52.0 cm³/mol. The van der Waals surface area contributed by atoms with E-state index in [9.17, 15) is 4.79 Å². The van der Waals surface area contributed by atoms with Crippen LogP contribution in [-0.2, 0) is 4.79 Å². The Kier molecular flexibility index (Phi) is 3.20. The van der Waals surface area contributed by atoms with Crippen LogP contribution in [0.25, 0.3) is 5.57 Å². The first-order valence-electron chi connectivity index (χ1n) is 3.98. The summed E-state index contributed by atoms with van der Waals surface area (Å²) in [6.45, 7) is 0. The van der Waals surface area contributed by atoms with Gasteiger partial charge in [-0.3, -0.25) is 9.78 Å². The van der Waals surface area contributed by atoms with E-state index in [0.717, 1.165) is 11.8 Å². The summed E-state index contributed by atoms with van der Waals surface area (Å²) in [4.78, 5) is 16.5. The normalized spacial score (nSPS) is 11.1. The molecule has 0 spiro atoms. The second-order valence-corrected chi connectivity index (χ2v) is 2.91. The van der Waals surface area contributed by atoms with Crippen LogP contribution in [0.5, 0.6) is 0 Å². The summed E-state index contributed by atoms with van der Waals surface area (Å²) in [6.07, 6.45) is 5.95. The Balaban J connectivity index is 2.98. The molecule has 0 fully saturated rings. The van der Waals surface area contributed by atoms with Crippen molar-refractivity contribution in [3.05, 3.63) is 36.3 Å². The molecule has 1 aromatic rings. The van der Waals surface area contributed by atoms with Crippen molar-refractivity contribution in [3.8, 4) is 0 Å². The molecule has 3 nitrogen and oxygen atoms in total. The molecule has 0 radical (unpaired) electrons. The van der Waals surface area contributed by atoms with Crippen LogP contribution in [0.2, 0.25) is 0 Å². The lowest BCUT2D eigenvalue weighted by Crippen LogP contribution is -2.03. The highest BCUT2D eigenvalue weighted by molar-refractivity contribution is 6.06. The average Bonchev–Trinajstić information content (AvgIpc) is 2.15. The summed E-state index contributed by atoms with van der Waals surface area (Å²) in [5.41, 5.74) is 1.48. The van der Waals surface area contributed by atoms with E-state index in [-0.39, 0.29) is 0 Å². The van der Waals surface area contributed by atoms with Gasteiger partial charge in [0.25, 0.3) is 0 Å². The minimum Gasteiger partial charge on any atom is -0.383 e. The summed E-state index contributed by atoms with van der Waals surface area (Å²) in [7, 11) is 3.75. The largest absolute Gasteiger partial charge is 0.383 e. The quantitative estimate of drug-likeness (QED) is 0.512. The van der Waals surface area contributed by atoms with Gasteiger partial charge in [-0.2, -0.15) is 0 Å². The monoisotopic (exact) mass is 176 g/mol. The van der Waals surface area contributed by atoms with Gasteiger partial charge in [0.2, 0.25) is 0 Å². The van der Waals surface area contributed by atoms with Crippen LogP contribution in [-0.4, -0.2) is 30.3 Å². The average molecular weight is 176 g/mol. The molecule has 0 aliphatic rings. The van der Waals surface area contributed by atoms with E-state index in [4.69, 9.17) is 0 Å². The lowest BCUT2D eigenvalue weighted by Gasteiger charge is -2.06. The van der Waals surface area contributed by atoms with E-state index in [1.165, 1.54) is 0 Å². The van der Waals surface area contributed by atoms with E-state index in [1.54, 1.807) is 18.6 Å². The molecule has 1 rings (SSSR count). The van der Waals surface area contributed by atoms with Crippen LogP contribution in [0, 0.1) is 0 Å². The lowest BCUT2D eigenvalue weighted by molar-refractivity contribution is -0.103. The third-order valence-electron chi connectivity index (χ3n) is 1.52. The summed E-state index contributed by atoms with van der Waals surface area (Å²) in [6, 6.07) is 3.67. The molecule has 0 aliphatic heterocycles. The Labute approximate surface area is 77.7 Å². The van der Waals surface area contributed by atoms with Crippen molar-refractivity contribution in [2.75, 3.05) is 14.1 Å². The molecule has 0 N–H and O–H groups in total. The standard InChI is InChI=1S/C10H12N2O/c1-12(2)7-10(8-13)9-4-3-5-11-6-9/h3-8H,1-2H3/b10-7+. The van der Waals surface area contributed by atoms with Gasteiger partial charge in [-0.1, -0.05) is 6.07 Å². The molecule has 0 aromatic carbocycles. The molecule has 0 aliphatic carbocycles. The summed E-state index contributed by atoms with van der Waals surface area (Å²) in [5, 5.41) is 0. The number of rotatable bonds is 3. The number of carbonyl (C=O) groups excluding carboxylic acids is 1. The van der Waals surface area contributed by atoms with Crippen molar-refractivity contribution < 1.29 is 4.79 Å². The van der Waals surface area contributed by atoms with E-state index < -0.39 is 0 Å². The Hall–Kier alpha value is -1.64. The number of aromatic nitrogens is 1. The molecule has 0 atom stereocenters. The number of hydrogen-bond acceptors (Lipinski definition) is 3. The topological polar surface area (TPSA) is 33.2 Å². The third-order valence-corrected chi connectivity index (χ3v) is 1.52. The lowest BCUT2D eigenvalue weighted by atomic mass is 10.1. The van der Waals surface area contributed by atoms with E-state index in [2.05, 4.69) is 4.98 Å². The van der Waals surface area contributed by atoms with Gasteiger partial charge < -0.3 is 4.90 Å². The summed E-state index contributed by atoms with van der Waals surface area (Å²) >= 11 is 0. The number of nitrogens with zero attached hydrogens (tertiary/aromatic N) is 2. The highest BCUT2D eigenvalue weighted by atomic mass is 16.1. The zero-order valence-corrected chi connectivity index (χ0v) is 7.77. The molecule has 1 heterocycles. The SMILES string of the molecule is CN(C)/C=C(\C=O)c1cccnc1. The molecule has 0 bridgehead atoms. The third kappa shape index (κ3) is 2.71. The maximum Gasteiger partial charge on any atom is 0.152 e. The van der Waals surface area contributed by atoms with Gasteiger partial charge in [-0.25, -0.2) is 0 Å². The van der Waals surface area contributed by atoms with Crippen LogP contribution in [0.4, 0.5) is 0 Å². The molecule has 0 saturated carbocycles. The van der Waals surface area contributed by atoms with Crippen molar-refractivity contribution in [3.63, 3.8) is 0 Å². The van der Waals surface area contributed by atoms with Gasteiger partial charge in [-0.05, 0) is 6.07 Å². The summed E-state index contributed by atoms with van der Waals surface area (Å²) < 4.78 is 0. The van der Waals surface area contributed by atoms with Crippen molar-refractivity contribution >= 4 is 11.9 Å². The van der Waals surface area contributed by atoms with Gasteiger partial charge in [0.1, 0.15) is 0 Å². The van der Waals surface area contributed by atoms with Crippen molar-refractivity contribution in [1.29, 1.82) is 0 Å². The van der Waals surface area contributed by atoms with Crippen LogP contribution in [0.15, 0.2) is 30.7 Å². The number of carbonyl (C=O) groups is 1. The number of hydrogen-bond donors (Lipinski definition) is 0. The van der Waals surface area contributed by atoms with Gasteiger partial charge in [-0.15, -0.1) is 0 Å². The molecule has 1 aromatic heterocycles. The van der Waals surface area contributed by atoms with Crippen LogP contribution in [0.3, 0.4) is 0 Å². The Bertz CT molecular complexity index is 304. The minimum absolute atomic E-state index is 0.637. The number of allylic oxidation sites excluding steroid dienone is 1. The first-order chi connectivity index (χ1) is 6.24. The minimum atomic E-state index is 0.637. The predicted octanol–water partition coefficient (Wildman–Crippen LogP) is 1.18. The first kappa shape index (κ1) is 9.45. The zero-order valence-electron chi connectivity index (χ0n) is 7.77. The fraction of sp³-hybridized carbons (Fsp3) is 0.200. The molecule has 0 saturated heterocycles. The van der Waals surface area contributed by atoms with E-state index >= 15 is 0 Å². The van der Waals surface area contributed by atoms with Gasteiger partial charge in [0.05, 0.1) is 0 Å². The fourth-order valence-electron chi connectivity index (χ4n) is 0.985. The van der Waals surface area contributed by atoms with Crippen LogP contribution in [0.1, 0.15) is 5.56 Å². The molecule has 0 amide bonds.